The molecule has 1 aromatic carbocycles. The number of pyridine rings is 1. The molecule has 0 bridgehead atoms. The number of aryl methyl sites for hydroxylation is 1. The second-order valence-electron chi connectivity index (χ2n) is 8.17. The Bertz CT molecular complexity index is 1420. The van der Waals surface area contributed by atoms with Crippen LogP contribution in [0.3, 0.4) is 0 Å². The van der Waals surface area contributed by atoms with E-state index in [1.807, 2.05) is 0 Å². The zero-order chi connectivity index (χ0) is 27.9. The number of carbonyl (C=O) groups excluding carboxylic acids is 2. The number of nitrogens with one attached hydrogen (secondary N) is 2. The number of hydrogen-bond acceptors (Lipinski definition) is 6. The molecular formula is C23H21F6N3O5. The molecule has 3 rings (SSSR count). The van der Waals surface area contributed by atoms with Gasteiger partial charge in [0.25, 0.3) is 5.56 Å². The summed E-state index contributed by atoms with van der Waals surface area (Å²) < 4.78 is 81.1. The van der Waals surface area contributed by atoms with Crippen molar-refractivity contribution in [3.8, 4) is 17.0 Å². The number of hydrogen-bond donors (Lipinski definition) is 3. The third-order valence-electron chi connectivity index (χ3n) is 5.78. The maximum Gasteiger partial charge on any atom is 0.491 e. The van der Waals surface area contributed by atoms with Crippen molar-refractivity contribution in [1.82, 2.24) is 14.9 Å². The Morgan fingerprint density at radius 2 is 1.81 bits per heavy atom. The van der Waals surface area contributed by atoms with Crippen LogP contribution in [0.4, 0.5) is 26.3 Å². The van der Waals surface area contributed by atoms with Crippen LogP contribution >= 0.6 is 0 Å². The molecule has 0 saturated heterocycles. The summed E-state index contributed by atoms with van der Waals surface area (Å²) in [6.45, 7) is 2.44. The Kier molecular flexibility index (Phi) is 7.44. The largest absolute Gasteiger partial charge is 0.506 e. The Labute approximate surface area is 204 Å². The molecular weight excluding hydrogens is 512 g/mol. The molecule has 0 aliphatic carbocycles. The lowest BCUT2D eigenvalue weighted by Crippen LogP contribution is -2.39. The molecule has 0 unspecified atom stereocenters. The molecule has 2 aromatic heterocycles. The van der Waals surface area contributed by atoms with E-state index in [0.29, 0.717) is 22.2 Å². The highest BCUT2D eigenvalue weighted by Gasteiger charge is 2.43. The van der Waals surface area contributed by atoms with Gasteiger partial charge in [-0.05, 0) is 37.1 Å². The van der Waals surface area contributed by atoms with Crippen LogP contribution in [0.5, 0.6) is 5.75 Å². The Hall–Kier alpha value is -3.81. The van der Waals surface area contributed by atoms with Crippen LogP contribution < -0.4 is 10.9 Å². The van der Waals surface area contributed by atoms with Crippen molar-refractivity contribution in [2.75, 3.05) is 0 Å². The van der Waals surface area contributed by atoms with Crippen LogP contribution in [0, 0.1) is 0 Å². The first-order valence-electron chi connectivity index (χ1n) is 10.8. The van der Waals surface area contributed by atoms with Gasteiger partial charge in [0.1, 0.15) is 11.8 Å². The molecule has 2 heterocycles. The Morgan fingerprint density at radius 3 is 2.38 bits per heavy atom. The Balaban J connectivity index is 2.00. The van der Waals surface area contributed by atoms with Gasteiger partial charge in [0.15, 0.2) is 5.56 Å². The number of aromatic amines is 1. The monoisotopic (exact) mass is 533 g/mol. The summed E-state index contributed by atoms with van der Waals surface area (Å²) in [6, 6.07) is 4.65. The van der Waals surface area contributed by atoms with Gasteiger partial charge in [-0.25, -0.2) is 9.59 Å². The fourth-order valence-electron chi connectivity index (χ4n) is 3.71. The smallest absolute Gasteiger partial charge is 0.491 e. The van der Waals surface area contributed by atoms with E-state index in [2.05, 4.69) is 15.0 Å². The van der Waals surface area contributed by atoms with Gasteiger partial charge in [-0.2, -0.15) is 26.3 Å². The number of nitrogens with zero attached hydrogens (tertiary/aromatic N) is 1. The van der Waals surface area contributed by atoms with Crippen molar-refractivity contribution in [2.45, 2.75) is 45.2 Å². The molecule has 200 valence electrons. The van der Waals surface area contributed by atoms with Crippen molar-refractivity contribution in [1.29, 1.82) is 0 Å². The summed E-state index contributed by atoms with van der Waals surface area (Å²) in [4.78, 5) is 37.9. The highest BCUT2D eigenvalue weighted by atomic mass is 19.4. The number of halogens is 6. The number of esters is 2. The quantitative estimate of drug-likeness (QED) is 0.250. The van der Waals surface area contributed by atoms with Gasteiger partial charge >= 0.3 is 24.3 Å². The first-order valence-corrected chi connectivity index (χ1v) is 10.8. The maximum atomic E-state index is 12.8. The second-order valence-corrected chi connectivity index (χ2v) is 8.17. The normalized spacial score (nSPS) is 13.1. The minimum Gasteiger partial charge on any atom is -0.506 e. The number of ether oxygens (including phenoxy) is 1. The van der Waals surface area contributed by atoms with Gasteiger partial charge in [0.05, 0.1) is 5.69 Å². The minimum atomic E-state index is -5.49. The number of alkyl halides is 6. The summed E-state index contributed by atoms with van der Waals surface area (Å²) in [5, 5.41) is 13.5. The zero-order valence-electron chi connectivity index (χ0n) is 19.6. The summed E-state index contributed by atoms with van der Waals surface area (Å²) in [7, 11) is 1.66. The van der Waals surface area contributed by atoms with Crippen LogP contribution in [-0.4, -0.2) is 45.0 Å². The summed E-state index contributed by atoms with van der Waals surface area (Å²) >= 11 is 0. The van der Waals surface area contributed by atoms with E-state index in [1.54, 1.807) is 42.8 Å². The summed E-state index contributed by atoms with van der Waals surface area (Å²) in [5.41, 5.74) is -0.882. The third-order valence-corrected chi connectivity index (χ3v) is 5.78. The van der Waals surface area contributed by atoms with Gasteiger partial charge in [-0.15, -0.1) is 0 Å². The molecule has 0 aliphatic heterocycles. The van der Waals surface area contributed by atoms with Gasteiger partial charge in [-0.1, -0.05) is 13.0 Å². The summed E-state index contributed by atoms with van der Waals surface area (Å²) in [6.07, 6.45) is -9.89. The van der Waals surface area contributed by atoms with Crippen LogP contribution in [-0.2, 0) is 29.5 Å². The van der Waals surface area contributed by atoms with E-state index in [9.17, 15) is 45.8 Å². The van der Waals surface area contributed by atoms with E-state index >= 15 is 0 Å². The number of aromatic hydroxyl groups is 1. The number of aromatic nitrogens is 2. The molecule has 0 spiro atoms. The standard InChI is InChI=1S/C23H21F6N3O5/c1-4-14-17(31-19(34)16(18(14)33)20(35)37-21(36)23(27,28)29)11-5-6-15-12(7-11)8-13(32(15)3)9-30-10(2)22(24,25)26/h5-8,10,30H,4,9H2,1-3H3,(H2,31,33,34)/t10-/m1/s1. The lowest BCUT2D eigenvalue weighted by Gasteiger charge is -2.17. The fourth-order valence-corrected chi connectivity index (χ4v) is 3.71. The molecule has 0 fully saturated rings. The van der Waals surface area contributed by atoms with E-state index in [0.717, 1.165) is 6.92 Å². The van der Waals surface area contributed by atoms with Gasteiger partial charge in [0, 0.05) is 35.8 Å². The molecule has 0 aliphatic rings. The zero-order valence-corrected chi connectivity index (χ0v) is 19.6. The molecule has 8 nitrogen and oxygen atoms in total. The number of carbonyl (C=O) groups is 2. The molecule has 0 saturated carbocycles. The van der Waals surface area contributed by atoms with E-state index < -0.39 is 47.2 Å². The van der Waals surface area contributed by atoms with Gasteiger partial charge < -0.3 is 24.7 Å². The number of benzene rings is 1. The maximum absolute atomic E-state index is 12.8. The average Bonchev–Trinajstić information content (AvgIpc) is 3.10. The topological polar surface area (TPSA) is 113 Å². The lowest BCUT2D eigenvalue weighted by molar-refractivity contribution is -0.193. The van der Waals surface area contributed by atoms with E-state index in [4.69, 9.17) is 0 Å². The van der Waals surface area contributed by atoms with Crippen molar-refractivity contribution in [3.05, 3.63) is 51.4 Å². The Morgan fingerprint density at radius 1 is 1.16 bits per heavy atom. The first-order chi connectivity index (χ1) is 17.1. The molecule has 0 amide bonds. The molecule has 37 heavy (non-hydrogen) atoms. The van der Waals surface area contributed by atoms with Crippen LogP contribution in [0.1, 0.15) is 35.5 Å². The first kappa shape index (κ1) is 27.8. The molecule has 1 atom stereocenters. The third kappa shape index (κ3) is 5.63. The number of H-pyrrole nitrogens is 1. The number of rotatable bonds is 6. The second kappa shape index (κ2) is 9.92. The highest BCUT2D eigenvalue weighted by Crippen LogP contribution is 2.33. The van der Waals surface area contributed by atoms with Gasteiger partial charge in [-0.3, -0.25) is 4.79 Å². The number of fused-ring (bicyclic) bond motifs is 1. The van der Waals surface area contributed by atoms with Crippen LogP contribution in [0.2, 0.25) is 0 Å². The van der Waals surface area contributed by atoms with Crippen LogP contribution in [0.15, 0.2) is 29.1 Å². The fraction of sp³-hybridized carbons (Fsp3) is 0.348. The molecule has 0 radical (unpaired) electrons. The van der Waals surface area contributed by atoms with Crippen molar-refractivity contribution < 1.29 is 45.8 Å². The molecule has 3 aromatic rings. The van der Waals surface area contributed by atoms with E-state index in [-0.39, 0.29) is 24.2 Å². The predicted molar refractivity (Wildman–Crippen MR) is 119 cm³/mol. The predicted octanol–water partition coefficient (Wildman–Crippen LogP) is 4.09. The van der Waals surface area contributed by atoms with Crippen molar-refractivity contribution in [3.63, 3.8) is 0 Å². The average molecular weight is 533 g/mol. The van der Waals surface area contributed by atoms with Crippen LogP contribution in [0.25, 0.3) is 22.2 Å². The van der Waals surface area contributed by atoms with Crippen molar-refractivity contribution in [2.24, 2.45) is 7.05 Å². The highest BCUT2D eigenvalue weighted by molar-refractivity contribution is 6.00. The van der Waals surface area contributed by atoms with Gasteiger partial charge in [0.2, 0.25) is 0 Å². The minimum absolute atomic E-state index is 0.0119. The molecule has 3 N–H and O–H groups in total. The van der Waals surface area contributed by atoms with Crippen molar-refractivity contribution >= 4 is 22.8 Å². The summed E-state index contributed by atoms with van der Waals surface area (Å²) in [5.74, 6) is -5.76. The van der Waals surface area contributed by atoms with E-state index in [1.165, 1.54) is 0 Å². The SMILES string of the molecule is CCc1c(-c2ccc3c(c2)cc(CN[C@H](C)C(F)(F)F)n3C)[nH]c(=O)c(C(=O)OC(=O)C(F)(F)F)c1O. The molecule has 14 heteroatoms. The lowest BCUT2D eigenvalue weighted by atomic mass is 9.99.